The lowest BCUT2D eigenvalue weighted by atomic mass is 9.79. The minimum Gasteiger partial charge on any atom is -0.493 e. The average molecular weight is 489 g/mol. The number of benzene rings is 2. The highest BCUT2D eigenvalue weighted by Gasteiger charge is 2.40. The molecule has 0 spiro atoms. The van der Waals surface area contributed by atoms with Gasteiger partial charge in [-0.05, 0) is 35.4 Å². The zero-order valence-corrected chi connectivity index (χ0v) is 19.6. The van der Waals surface area contributed by atoms with E-state index in [9.17, 15) is 14.9 Å². The van der Waals surface area contributed by atoms with Crippen molar-refractivity contribution >= 4 is 17.7 Å². The summed E-state index contributed by atoms with van der Waals surface area (Å²) >= 11 is 0. The van der Waals surface area contributed by atoms with E-state index in [-0.39, 0.29) is 17.3 Å². The summed E-state index contributed by atoms with van der Waals surface area (Å²) in [4.78, 5) is 33.2. The maximum atomic E-state index is 13.2. The number of anilines is 2. The zero-order chi connectivity index (χ0) is 25.2. The topological polar surface area (TPSA) is 148 Å². The number of aromatic amines is 1. The van der Waals surface area contributed by atoms with Crippen molar-refractivity contribution in [3.05, 3.63) is 63.4 Å². The first-order chi connectivity index (χ1) is 17.5. The number of fused-ring (bicyclic) bond motifs is 2. The number of carbonyl (C=O) groups excluding carboxylic acids is 1. The molecule has 0 bridgehead atoms. The van der Waals surface area contributed by atoms with Gasteiger partial charge in [-0.15, -0.1) is 0 Å². The predicted octanol–water partition coefficient (Wildman–Crippen LogP) is 2.39. The Morgan fingerprint density at radius 2 is 1.86 bits per heavy atom. The third kappa shape index (κ3) is 4.13. The Labute approximate surface area is 206 Å². The van der Waals surface area contributed by atoms with Gasteiger partial charge < -0.3 is 29.6 Å². The van der Waals surface area contributed by atoms with Gasteiger partial charge in [0.15, 0.2) is 23.0 Å². The van der Waals surface area contributed by atoms with Crippen molar-refractivity contribution in [3.63, 3.8) is 0 Å². The Hall–Kier alpha value is -4.72. The fourth-order valence-corrected chi connectivity index (χ4v) is 4.38. The van der Waals surface area contributed by atoms with Crippen LogP contribution >= 0.6 is 0 Å². The first kappa shape index (κ1) is 23.0. The summed E-state index contributed by atoms with van der Waals surface area (Å²) in [6.45, 7) is 1.33. The van der Waals surface area contributed by atoms with Gasteiger partial charge in [0.05, 0.1) is 25.9 Å². The number of hydrogen-bond acceptors (Lipinski definition) is 9. The van der Waals surface area contributed by atoms with E-state index in [0.29, 0.717) is 48.3 Å². The fraction of sp³-hybridized carbons (Fsp3) is 0.280. The van der Waals surface area contributed by atoms with Crippen molar-refractivity contribution in [1.29, 1.82) is 5.26 Å². The van der Waals surface area contributed by atoms with E-state index in [4.69, 9.17) is 18.9 Å². The molecule has 36 heavy (non-hydrogen) atoms. The summed E-state index contributed by atoms with van der Waals surface area (Å²) in [5, 5.41) is 15.4. The Balaban J connectivity index is 1.47. The number of aromatic nitrogens is 2. The van der Waals surface area contributed by atoms with E-state index in [1.165, 1.54) is 14.2 Å². The van der Waals surface area contributed by atoms with Crippen LogP contribution in [-0.2, 0) is 11.3 Å². The van der Waals surface area contributed by atoms with Crippen LogP contribution in [0, 0.1) is 17.2 Å². The monoisotopic (exact) mass is 489 g/mol. The number of nitriles is 1. The zero-order valence-electron chi connectivity index (χ0n) is 19.6. The van der Waals surface area contributed by atoms with Gasteiger partial charge >= 0.3 is 0 Å². The van der Waals surface area contributed by atoms with Gasteiger partial charge in [0.25, 0.3) is 5.56 Å². The van der Waals surface area contributed by atoms with Crippen LogP contribution in [0.15, 0.2) is 41.2 Å². The summed E-state index contributed by atoms with van der Waals surface area (Å²) < 4.78 is 21.8. The first-order valence-corrected chi connectivity index (χ1v) is 11.2. The van der Waals surface area contributed by atoms with Crippen LogP contribution < -0.4 is 35.1 Å². The summed E-state index contributed by atoms with van der Waals surface area (Å²) in [5.74, 6) is -0.00366. The molecule has 0 fully saturated rings. The van der Waals surface area contributed by atoms with E-state index in [2.05, 4.69) is 20.6 Å². The molecular weight excluding hydrogens is 466 g/mol. The molecule has 3 heterocycles. The lowest BCUT2D eigenvalue weighted by molar-refractivity contribution is -0.119. The second-order valence-corrected chi connectivity index (χ2v) is 8.20. The minimum atomic E-state index is -1.13. The van der Waals surface area contributed by atoms with E-state index in [1.54, 1.807) is 18.2 Å². The third-order valence-electron chi connectivity index (χ3n) is 6.10. The van der Waals surface area contributed by atoms with Crippen LogP contribution in [0.25, 0.3) is 0 Å². The molecule has 0 radical (unpaired) electrons. The second-order valence-electron chi connectivity index (χ2n) is 8.20. The van der Waals surface area contributed by atoms with Crippen molar-refractivity contribution in [1.82, 2.24) is 9.97 Å². The van der Waals surface area contributed by atoms with E-state index < -0.39 is 23.3 Å². The number of nitrogens with one attached hydrogen (secondary N) is 3. The molecule has 3 aromatic rings. The lowest BCUT2D eigenvalue weighted by Gasteiger charge is -2.28. The number of rotatable bonds is 6. The fourth-order valence-electron chi connectivity index (χ4n) is 4.38. The number of H-pyrrole nitrogens is 1. The summed E-state index contributed by atoms with van der Waals surface area (Å²) in [7, 11) is 2.99. The Kier molecular flexibility index (Phi) is 6.08. The van der Waals surface area contributed by atoms with Crippen LogP contribution in [0.3, 0.4) is 0 Å². The molecule has 2 aliphatic rings. The van der Waals surface area contributed by atoms with Crippen molar-refractivity contribution < 1.29 is 23.7 Å². The standard InChI is InChI=1S/C25H23N5O6/c1-33-16-6-4-14(10-18(16)34-2)20-15(11-26)23(31)28-22-21(20)24(32)30-25(29-22)27-12-13-3-5-17-19(9-13)36-8-7-35-17/h3-6,9-10,15,20H,7-8,12H2,1-2H3,(H3,27,28,29,30,31,32). The van der Waals surface area contributed by atoms with Gasteiger partial charge in [-0.1, -0.05) is 12.1 Å². The van der Waals surface area contributed by atoms with Crippen molar-refractivity contribution in [2.45, 2.75) is 12.5 Å². The molecule has 2 aliphatic heterocycles. The van der Waals surface area contributed by atoms with Crippen LogP contribution in [0.4, 0.5) is 11.8 Å². The number of carbonyl (C=O) groups is 1. The van der Waals surface area contributed by atoms with Gasteiger partial charge in [0.2, 0.25) is 11.9 Å². The molecule has 2 aromatic carbocycles. The Bertz CT molecular complexity index is 1430. The largest absolute Gasteiger partial charge is 0.493 e. The SMILES string of the molecule is COc1ccc(C2c3c(nc(NCc4ccc5c(c4)OCCO5)[nH]c3=O)NC(=O)C2C#N)cc1OC. The average Bonchev–Trinajstić information content (AvgIpc) is 2.90. The van der Waals surface area contributed by atoms with Crippen molar-refractivity contribution in [2.24, 2.45) is 5.92 Å². The molecule has 1 amide bonds. The van der Waals surface area contributed by atoms with Crippen molar-refractivity contribution in [2.75, 3.05) is 38.1 Å². The molecule has 2 atom stereocenters. The maximum absolute atomic E-state index is 13.2. The predicted molar refractivity (Wildman–Crippen MR) is 129 cm³/mol. The number of hydrogen-bond donors (Lipinski definition) is 3. The number of nitrogens with zero attached hydrogens (tertiary/aromatic N) is 2. The molecule has 11 heteroatoms. The van der Waals surface area contributed by atoms with E-state index in [0.717, 1.165) is 5.56 Å². The highest BCUT2D eigenvalue weighted by molar-refractivity contribution is 5.98. The van der Waals surface area contributed by atoms with Gasteiger partial charge in [-0.3, -0.25) is 14.6 Å². The van der Waals surface area contributed by atoms with Crippen LogP contribution in [-0.4, -0.2) is 43.3 Å². The molecule has 184 valence electrons. The first-order valence-electron chi connectivity index (χ1n) is 11.2. The summed E-state index contributed by atoms with van der Waals surface area (Å²) in [6.07, 6.45) is 0. The number of ether oxygens (including phenoxy) is 4. The smallest absolute Gasteiger partial charge is 0.258 e. The quantitative estimate of drug-likeness (QED) is 0.475. The number of amides is 1. The van der Waals surface area contributed by atoms with E-state index >= 15 is 0 Å². The molecule has 0 saturated heterocycles. The Morgan fingerprint density at radius 3 is 2.61 bits per heavy atom. The maximum Gasteiger partial charge on any atom is 0.258 e. The molecule has 1 aromatic heterocycles. The molecule has 5 rings (SSSR count). The van der Waals surface area contributed by atoms with Crippen LogP contribution in [0.5, 0.6) is 23.0 Å². The van der Waals surface area contributed by atoms with Crippen molar-refractivity contribution in [3.8, 4) is 29.1 Å². The highest BCUT2D eigenvalue weighted by Crippen LogP contribution is 2.41. The van der Waals surface area contributed by atoms with Crippen LogP contribution in [0.2, 0.25) is 0 Å². The van der Waals surface area contributed by atoms with Gasteiger partial charge in [-0.2, -0.15) is 10.2 Å². The van der Waals surface area contributed by atoms with Gasteiger partial charge in [-0.25, -0.2) is 0 Å². The van der Waals surface area contributed by atoms with Crippen LogP contribution in [0.1, 0.15) is 22.6 Å². The lowest BCUT2D eigenvalue weighted by Crippen LogP contribution is -2.38. The minimum absolute atomic E-state index is 0.0970. The molecule has 0 saturated carbocycles. The molecule has 0 aliphatic carbocycles. The normalized spacial score (nSPS) is 17.9. The van der Waals surface area contributed by atoms with E-state index in [1.807, 2.05) is 24.3 Å². The van der Waals surface area contributed by atoms with Gasteiger partial charge in [0.1, 0.15) is 24.9 Å². The molecule has 2 unspecified atom stereocenters. The third-order valence-corrected chi connectivity index (χ3v) is 6.10. The molecule has 3 N–H and O–H groups in total. The Morgan fingerprint density at radius 1 is 1.08 bits per heavy atom. The second kappa shape index (κ2) is 9.50. The number of methoxy groups -OCH3 is 2. The molecular formula is C25H23N5O6. The highest BCUT2D eigenvalue weighted by atomic mass is 16.6. The molecule has 11 nitrogen and oxygen atoms in total. The van der Waals surface area contributed by atoms with Gasteiger partial charge in [0, 0.05) is 12.5 Å². The summed E-state index contributed by atoms with van der Waals surface area (Å²) in [5.41, 5.74) is 1.17. The summed E-state index contributed by atoms with van der Waals surface area (Å²) in [6, 6.07) is 12.6.